The van der Waals surface area contributed by atoms with Crippen molar-refractivity contribution in [1.82, 2.24) is 4.98 Å². The molecule has 0 bridgehead atoms. The number of rotatable bonds is 1. The standard InChI is InChI=1S/C6H5BrFNO2S/c1-4-5(7)2-3-6(9-4)12(8,10)11/h2-3H,1H3. The monoisotopic (exact) mass is 253 g/mol. The first kappa shape index (κ1) is 9.60. The Labute approximate surface area is 78.0 Å². The Morgan fingerprint density at radius 3 is 2.50 bits per heavy atom. The molecular weight excluding hydrogens is 249 g/mol. The highest BCUT2D eigenvalue weighted by atomic mass is 79.9. The van der Waals surface area contributed by atoms with Crippen molar-refractivity contribution in [2.45, 2.75) is 11.9 Å². The van der Waals surface area contributed by atoms with Gasteiger partial charge < -0.3 is 0 Å². The van der Waals surface area contributed by atoms with Crippen molar-refractivity contribution in [1.29, 1.82) is 0 Å². The lowest BCUT2D eigenvalue weighted by Gasteiger charge is -1.97. The molecule has 0 unspecified atom stereocenters. The highest BCUT2D eigenvalue weighted by Crippen LogP contribution is 2.17. The maximum atomic E-state index is 12.3. The first-order chi connectivity index (χ1) is 5.41. The second kappa shape index (κ2) is 3.10. The van der Waals surface area contributed by atoms with E-state index in [0.717, 1.165) is 6.07 Å². The first-order valence-corrected chi connectivity index (χ1v) is 5.17. The van der Waals surface area contributed by atoms with Gasteiger partial charge in [-0.15, -0.1) is 0 Å². The lowest BCUT2D eigenvalue weighted by Crippen LogP contribution is -1.97. The number of pyridine rings is 1. The Bertz CT molecular complexity index is 404. The van der Waals surface area contributed by atoms with E-state index in [2.05, 4.69) is 20.9 Å². The number of nitrogens with zero attached hydrogens (tertiary/aromatic N) is 1. The third kappa shape index (κ3) is 2.01. The molecule has 12 heavy (non-hydrogen) atoms. The zero-order chi connectivity index (χ0) is 9.35. The fraction of sp³-hybridized carbons (Fsp3) is 0.167. The topological polar surface area (TPSA) is 47.0 Å². The third-order valence-corrected chi connectivity index (χ3v) is 2.81. The fourth-order valence-corrected chi connectivity index (χ4v) is 1.35. The van der Waals surface area contributed by atoms with Crippen LogP contribution in [0.2, 0.25) is 0 Å². The van der Waals surface area contributed by atoms with Gasteiger partial charge in [0.1, 0.15) is 0 Å². The summed E-state index contributed by atoms with van der Waals surface area (Å²) in [5, 5.41) is -0.553. The molecule has 6 heteroatoms. The normalized spacial score (nSPS) is 11.6. The molecule has 66 valence electrons. The molecule has 1 heterocycles. The average molecular weight is 254 g/mol. The van der Waals surface area contributed by atoms with Crippen molar-refractivity contribution in [2.24, 2.45) is 0 Å². The SMILES string of the molecule is Cc1nc(S(=O)(=O)F)ccc1Br. The minimum absolute atomic E-state index is 0.439. The average Bonchev–Trinajstić information content (AvgIpc) is 1.92. The number of hydrogen-bond acceptors (Lipinski definition) is 3. The van der Waals surface area contributed by atoms with Crippen molar-refractivity contribution in [3.63, 3.8) is 0 Å². The van der Waals surface area contributed by atoms with E-state index in [1.54, 1.807) is 6.92 Å². The van der Waals surface area contributed by atoms with Crippen molar-refractivity contribution < 1.29 is 12.3 Å². The van der Waals surface area contributed by atoms with Crippen LogP contribution in [0.25, 0.3) is 0 Å². The van der Waals surface area contributed by atoms with Crippen LogP contribution in [-0.4, -0.2) is 13.4 Å². The minimum Gasteiger partial charge on any atom is -0.238 e. The Balaban J connectivity index is 3.33. The van der Waals surface area contributed by atoms with E-state index in [4.69, 9.17) is 0 Å². The van der Waals surface area contributed by atoms with Crippen LogP contribution in [0.4, 0.5) is 3.89 Å². The van der Waals surface area contributed by atoms with Gasteiger partial charge in [0.05, 0.1) is 5.69 Å². The molecule has 0 aliphatic rings. The summed E-state index contributed by atoms with van der Waals surface area (Å²) in [6.45, 7) is 1.58. The van der Waals surface area contributed by atoms with Gasteiger partial charge in [0.25, 0.3) is 0 Å². The summed E-state index contributed by atoms with van der Waals surface area (Å²) in [6.07, 6.45) is 0. The van der Waals surface area contributed by atoms with Gasteiger partial charge in [-0.25, -0.2) is 4.98 Å². The molecule has 0 aromatic carbocycles. The molecule has 0 amide bonds. The second-order valence-electron chi connectivity index (χ2n) is 2.15. The van der Waals surface area contributed by atoms with Crippen molar-refractivity contribution >= 4 is 26.2 Å². The van der Waals surface area contributed by atoms with Crippen LogP contribution < -0.4 is 0 Å². The summed E-state index contributed by atoms with van der Waals surface area (Å²) in [7, 11) is -4.67. The zero-order valence-corrected chi connectivity index (χ0v) is 8.49. The summed E-state index contributed by atoms with van der Waals surface area (Å²) < 4.78 is 33.7. The van der Waals surface area contributed by atoms with Gasteiger partial charge in [0.2, 0.25) is 0 Å². The van der Waals surface area contributed by atoms with Gasteiger partial charge in [-0.2, -0.15) is 8.42 Å². The summed E-state index contributed by atoms with van der Waals surface area (Å²) in [5.74, 6) is 0. The van der Waals surface area contributed by atoms with Gasteiger partial charge >= 0.3 is 10.2 Å². The second-order valence-corrected chi connectivity index (χ2v) is 4.30. The first-order valence-electron chi connectivity index (χ1n) is 2.99. The van der Waals surface area contributed by atoms with E-state index in [0.29, 0.717) is 10.2 Å². The molecule has 1 rings (SSSR count). The molecule has 0 aliphatic heterocycles. The maximum Gasteiger partial charge on any atom is 0.349 e. The van der Waals surface area contributed by atoms with Crippen LogP contribution in [0, 0.1) is 6.92 Å². The molecule has 0 saturated carbocycles. The highest BCUT2D eigenvalue weighted by molar-refractivity contribution is 9.10. The minimum atomic E-state index is -4.67. The number of hydrogen-bond donors (Lipinski definition) is 0. The molecule has 0 saturated heterocycles. The summed E-state index contributed by atoms with van der Waals surface area (Å²) in [5.41, 5.74) is 0.439. The van der Waals surface area contributed by atoms with Crippen LogP contribution in [0.5, 0.6) is 0 Å². The van der Waals surface area contributed by atoms with E-state index < -0.39 is 15.2 Å². The fourth-order valence-electron chi connectivity index (χ4n) is 0.657. The quantitative estimate of drug-likeness (QED) is 0.718. The van der Waals surface area contributed by atoms with Crippen molar-refractivity contribution in [3.05, 3.63) is 22.3 Å². The lowest BCUT2D eigenvalue weighted by atomic mass is 10.4. The molecule has 0 fully saturated rings. The summed E-state index contributed by atoms with van der Waals surface area (Å²) in [4.78, 5) is 3.53. The van der Waals surface area contributed by atoms with Crippen LogP contribution >= 0.6 is 15.9 Å². The molecule has 0 radical (unpaired) electrons. The van der Waals surface area contributed by atoms with Gasteiger partial charge in [0.15, 0.2) is 5.03 Å². The molecule has 0 N–H and O–H groups in total. The molecule has 3 nitrogen and oxygen atoms in total. The predicted molar refractivity (Wildman–Crippen MR) is 45.0 cm³/mol. The van der Waals surface area contributed by atoms with E-state index in [9.17, 15) is 12.3 Å². The van der Waals surface area contributed by atoms with Gasteiger partial charge in [-0.3, -0.25) is 0 Å². The Kier molecular flexibility index (Phi) is 2.48. The molecule has 1 aromatic rings. The van der Waals surface area contributed by atoms with E-state index in [-0.39, 0.29) is 0 Å². The van der Waals surface area contributed by atoms with E-state index in [1.807, 2.05) is 0 Å². The van der Waals surface area contributed by atoms with Crippen molar-refractivity contribution in [3.8, 4) is 0 Å². The van der Waals surface area contributed by atoms with Gasteiger partial charge in [-0.1, -0.05) is 3.89 Å². The zero-order valence-electron chi connectivity index (χ0n) is 6.08. The summed E-state index contributed by atoms with van der Waals surface area (Å²) >= 11 is 3.12. The third-order valence-electron chi connectivity index (χ3n) is 1.25. The molecule has 0 atom stereocenters. The largest absolute Gasteiger partial charge is 0.349 e. The van der Waals surface area contributed by atoms with Crippen LogP contribution in [0.15, 0.2) is 21.6 Å². The van der Waals surface area contributed by atoms with Crippen LogP contribution in [0.3, 0.4) is 0 Å². The predicted octanol–water partition coefficient (Wildman–Crippen LogP) is 1.81. The Hall–Kier alpha value is -0.490. The number of aryl methyl sites for hydroxylation is 1. The van der Waals surface area contributed by atoms with Crippen molar-refractivity contribution in [2.75, 3.05) is 0 Å². The smallest absolute Gasteiger partial charge is 0.238 e. The highest BCUT2D eigenvalue weighted by Gasteiger charge is 2.13. The van der Waals surface area contributed by atoms with Crippen LogP contribution in [0.1, 0.15) is 5.69 Å². The lowest BCUT2D eigenvalue weighted by molar-refractivity contribution is 0.547. The van der Waals surface area contributed by atoms with Crippen LogP contribution in [-0.2, 0) is 10.2 Å². The number of halogens is 2. The molecular formula is C6H5BrFNO2S. The Morgan fingerprint density at radius 2 is 2.08 bits per heavy atom. The Morgan fingerprint density at radius 1 is 1.50 bits per heavy atom. The van der Waals surface area contributed by atoms with Gasteiger partial charge in [-0.05, 0) is 35.0 Å². The van der Waals surface area contributed by atoms with E-state index >= 15 is 0 Å². The summed E-state index contributed by atoms with van der Waals surface area (Å²) in [6, 6.07) is 2.54. The van der Waals surface area contributed by atoms with E-state index in [1.165, 1.54) is 6.07 Å². The molecule has 1 aromatic heterocycles. The maximum absolute atomic E-state index is 12.3. The molecule has 0 aliphatic carbocycles. The number of aromatic nitrogens is 1. The molecule has 0 spiro atoms. The van der Waals surface area contributed by atoms with Gasteiger partial charge in [0, 0.05) is 4.47 Å².